The van der Waals surface area contributed by atoms with Gasteiger partial charge < -0.3 is 14.8 Å². The maximum atomic E-state index is 15.6. The van der Waals surface area contributed by atoms with Gasteiger partial charge in [0.1, 0.15) is 24.9 Å². The van der Waals surface area contributed by atoms with Crippen LogP contribution in [0.1, 0.15) is 33.3 Å². The normalized spacial score (nSPS) is 34.5. The molecule has 0 spiro atoms. The first-order chi connectivity index (χ1) is 13.1. The van der Waals surface area contributed by atoms with Crippen molar-refractivity contribution in [2.24, 2.45) is 0 Å². The Labute approximate surface area is 165 Å². The highest BCUT2D eigenvalue weighted by Gasteiger charge is 2.60. The molecular formula is C21H30F2N2O3. The van der Waals surface area contributed by atoms with Crippen LogP contribution >= 0.6 is 0 Å². The molecule has 2 heterocycles. The molecule has 28 heavy (non-hydrogen) atoms. The summed E-state index contributed by atoms with van der Waals surface area (Å²) in [5.74, 6) is -0.494. The first-order valence-corrected chi connectivity index (χ1v) is 9.70. The number of benzene rings is 1. The fourth-order valence-corrected chi connectivity index (χ4v) is 4.03. The van der Waals surface area contributed by atoms with E-state index in [0.717, 1.165) is 5.56 Å². The maximum Gasteiger partial charge on any atom is 0.240 e. The summed E-state index contributed by atoms with van der Waals surface area (Å²) in [5, 5.41) is 2.52. The van der Waals surface area contributed by atoms with Gasteiger partial charge in [0.2, 0.25) is 5.91 Å². The topological polar surface area (TPSA) is 50.8 Å². The van der Waals surface area contributed by atoms with Crippen molar-refractivity contribution in [3.8, 4) is 0 Å². The van der Waals surface area contributed by atoms with Gasteiger partial charge in [-0.25, -0.2) is 8.78 Å². The molecule has 0 saturated carbocycles. The Kier molecular flexibility index (Phi) is 5.81. The van der Waals surface area contributed by atoms with Crippen molar-refractivity contribution in [1.29, 1.82) is 0 Å². The summed E-state index contributed by atoms with van der Waals surface area (Å²) in [6, 6.07) is 7.39. The van der Waals surface area contributed by atoms with Gasteiger partial charge in [-0.3, -0.25) is 9.69 Å². The third-order valence-electron chi connectivity index (χ3n) is 6.29. The third kappa shape index (κ3) is 3.55. The molecule has 1 aromatic rings. The Balaban J connectivity index is 2.01. The summed E-state index contributed by atoms with van der Waals surface area (Å²) >= 11 is 0. The molecule has 0 aliphatic carbocycles. The number of likely N-dealkylation sites (tertiary alicyclic amines) is 1. The molecule has 2 fully saturated rings. The predicted molar refractivity (Wildman–Crippen MR) is 102 cm³/mol. The average molecular weight is 396 g/mol. The van der Waals surface area contributed by atoms with Crippen LogP contribution in [0, 0.1) is 0 Å². The highest BCUT2D eigenvalue weighted by molar-refractivity contribution is 5.82. The van der Waals surface area contributed by atoms with Crippen LogP contribution in [0.15, 0.2) is 30.3 Å². The molecule has 1 amide bonds. The van der Waals surface area contributed by atoms with Crippen LogP contribution < -0.4 is 5.32 Å². The number of piperidine rings is 1. The number of hydrogen-bond acceptors (Lipinski definition) is 4. The monoisotopic (exact) mass is 396 g/mol. The van der Waals surface area contributed by atoms with Crippen molar-refractivity contribution in [1.82, 2.24) is 10.2 Å². The summed E-state index contributed by atoms with van der Waals surface area (Å²) in [4.78, 5) is 14.2. The number of halogens is 2. The van der Waals surface area contributed by atoms with Crippen LogP contribution in [0.3, 0.4) is 0 Å². The number of amides is 1. The lowest BCUT2D eigenvalue weighted by atomic mass is 9.81. The second-order valence-corrected chi connectivity index (χ2v) is 8.57. The van der Waals surface area contributed by atoms with Crippen molar-refractivity contribution < 1.29 is 23.0 Å². The van der Waals surface area contributed by atoms with E-state index in [-0.39, 0.29) is 6.54 Å². The molecule has 3 rings (SSSR count). The van der Waals surface area contributed by atoms with Gasteiger partial charge in [-0.1, -0.05) is 30.3 Å². The van der Waals surface area contributed by atoms with E-state index in [4.69, 9.17) is 9.47 Å². The standard InChI is InChI=1S/C21H30F2N2O3/c1-20(2)21(3,4)28-18-15(23)16(19(26)24-5)25(14(11-22)17(18)27-20)12-13-9-7-6-8-10-13/h6-10,14-18H,11-12H2,1-5H3,(H,24,26)/t14-,15-,16+,17-,18-/m1/s1. The summed E-state index contributed by atoms with van der Waals surface area (Å²) in [7, 11) is 1.46. The van der Waals surface area contributed by atoms with E-state index in [2.05, 4.69) is 5.32 Å². The number of nitrogens with zero attached hydrogens (tertiary/aromatic N) is 1. The highest BCUT2D eigenvalue weighted by atomic mass is 19.1. The Morgan fingerprint density at radius 1 is 1.11 bits per heavy atom. The Bertz CT molecular complexity index is 698. The average Bonchev–Trinajstić information content (AvgIpc) is 2.64. The molecule has 2 aliphatic rings. The van der Waals surface area contributed by atoms with Crippen LogP contribution in [0.2, 0.25) is 0 Å². The maximum absolute atomic E-state index is 15.6. The molecule has 7 heteroatoms. The van der Waals surface area contributed by atoms with Gasteiger partial charge in [0.25, 0.3) is 0 Å². The molecule has 0 bridgehead atoms. The molecule has 5 nitrogen and oxygen atoms in total. The molecule has 5 atom stereocenters. The zero-order valence-electron chi connectivity index (χ0n) is 17.1. The molecule has 0 unspecified atom stereocenters. The molecule has 2 aliphatic heterocycles. The number of likely N-dealkylation sites (N-methyl/N-ethyl adjacent to an activating group) is 1. The molecule has 1 N–H and O–H groups in total. The van der Waals surface area contributed by atoms with Crippen LogP contribution in [-0.4, -0.2) is 66.2 Å². The minimum atomic E-state index is -1.65. The number of nitrogens with one attached hydrogen (secondary N) is 1. The summed E-state index contributed by atoms with van der Waals surface area (Å²) in [6.07, 6.45) is -3.47. The number of rotatable bonds is 4. The third-order valence-corrected chi connectivity index (χ3v) is 6.29. The van der Waals surface area contributed by atoms with Crippen LogP contribution in [0.4, 0.5) is 8.78 Å². The molecule has 0 radical (unpaired) electrons. The smallest absolute Gasteiger partial charge is 0.240 e. The van der Waals surface area contributed by atoms with Gasteiger partial charge in [0.05, 0.1) is 17.2 Å². The van der Waals surface area contributed by atoms with Gasteiger partial charge in [0, 0.05) is 13.6 Å². The molecule has 156 valence electrons. The Morgan fingerprint density at radius 2 is 1.68 bits per heavy atom. The summed E-state index contributed by atoms with van der Waals surface area (Å²) < 4.78 is 42.2. The minimum absolute atomic E-state index is 0.240. The van der Waals surface area contributed by atoms with Gasteiger partial charge in [-0.05, 0) is 33.3 Å². The molecule has 2 saturated heterocycles. The van der Waals surface area contributed by atoms with E-state index < -0.39 is 54.2 Å². The molecule has 1 aromatic carbocycles. The van der Waals surface area contributed by atoms with Gasteiger partial charge >= 0.3 is 0 Å². The number of hydrogen-bond donors (Lipinski definition) is 1. The zero-order valence-corrected chi connectivity index (χ0v) is 17.1. The van der Waals surface area contributed by atoms with Crippen LogP contribution in [-0.2, 0) is 20.8 Å². The van der Waals surface area contributed by atoms with Crippen molar-refractivity contribution >= 4 is 5.91 Å². The van der Waals surface area contributed by atoms with Gasteiger partial charge in [-0.15, -0.1) is 0 Å². The summed E-state index contributed by atoms with van der Waals surface area (Å²) in [5.41, 5.74) is -0.648. The van der Waals surface area contributed by atoms with E-state index in [0.29, 0.717) is 0 Å². The van der Waals surface area contributed by atoms with Crippen molar-refractivity contribution in [3.05, 3.63) is 35.9 Å². The molecular weight excluding hydrogens is 366 g/mol. The fourth-order valence-electron chi connectivity index (χ4n) is 4.03. The predicted octanol–water partition coefficient (Wildman–Crippen LogP) is 2.63. The Hall–Kier alpha value is -1.57. The van der Waals surface area contributed by atoms with Gasteiger partial charge in [0.15, 0.2) is 6.17 Å². The highest BCUT2D eigenvalue weighted by Crippen LogP contribution is 2.44. The first-order valence-electron chi connectivity index (χ1n) is 9.70. The first kappa shape index (κ1) is 21.1. The number of alkyl halides is 2. The van der Waals surface area contributed by atoms with E-state index in [9.17, 15) is 9.18 Å². The van der Waals surface area contributed by atoms with Crippen molar-refractivity contribution in [2.75, 3.05) is 13.7 Å². The van der Waals surface area contributed by atoms with E-state index in [1.165, 1.54) is 7.05 Å². The summed E-state index contributed by atoms with van der Waals surface area (Å²) in [6.45, 7) is 6.84. The lowest BCUT2D eigenvalue weighted by molar-refractivity contribution is -0.332. The SMILES string of the molecule is CNC(=O)[C@@H]1[C@@H](F)[C@H]2OC(C)(C)C(C)(C)O[C@@H]2[C@@H](CF)N1Cc1ccccc1. The lowest BCUT2D eigenvalue weighted by Gasteiger charge is -2.58. The fraction of sp³-hybridized carbons (Fsp3) is 0.667. The van der Waals surface area contributed by atoms with E-state index >= 15 is 4.39 Å². The zero-order chi connectivity index (χ0) is 20.7. The quantitative estimate of drug-likeness (QED) is 0.850. The van der Waals surface area contributed by atoms with Crippen molar-refractivity contribution in [2.45, 2.75) is 75.9 Å². The van der Waals surface area contributed by atoms with E-state index in [1.807, 2.05) is 58.0 Å². The molecule has 0 aromatic heterocycles. The lowest BCUT2D eigenvalue weighted by Crippen LogP contribution is -2.75. The number of carbonyl (C=O) groups excluding carboxylic acids is 1. The van der Waals surface area contributed by atoms with Crippen molar-refractivity contribution in [3.63, 3.8) is 0 Å². The number of ether oxygens (including phenoxy) is 2. The second-order valence-electron chi connectivity index (χ2n) is 8.57. The van der Waals surface area contributed by atoms with Gasteiger partial charge in [-0.2, -0.15) is 0 Å². The minimum Gasteiger partial charge on any atom is -0.365 e. The Morgan fingerprint density at radius 3 is 2.21 bits per heavy atom. The van der Waals surface area contributed by atoms with Crippen LogP contribution in [0.25, 0.3) is 0 Å². The largest absolute Gasteiger partial charge is 0.365 e. The van der Waals surface area contributed by atoms with E-state index in [1.54, 1.807) is 4.90 Å². The van der Waals surface area contributed by atoms with Crippen LogP contribution in [0.5, 0.6) is 0 Å². The number of carbonyl (C=O) groups is 1. The second kappa shape index (κ2) is 7.69. The number of fused-ring (bicyclic) bond motifs is 1.